The molecule has 2 aliphatic rings. The van der Waals surface area contributed by atoms with Crippen LogP contribution >= 0.6 is 0 Å². The van der Waals surface area contributed by atoms with E-state index in [0.717, 1.165) is 6.54 Å². The summed E-state index contributed by atoms with van der Waals surface area (Å²) in [6.07, 6.45) is 6.80. The molecule has 2 atom stereocenters. The number of hydrogen-bond acceptors (Lipinski definition) is 2. The van der Waals surface area contributed by atoms with Gasteiger partial charge < -0.3 is 4.90 Å². The van der Waals surface area contributed by atoms with Gasteiger partial charge in [-0.3, -0.25) is 10.1 Å². The molecule has 3 nitrogen and oxygen atoms in total. The van der Waals surface area contributed by atoms with Gasteiger partial charge in [-0.25, -0.2) is 0 Å². The maximum atomic E-state index is 12.3. The van der Waals surface area contributed by atoms with Gasteiger partial charge in [0, 0.05) is 6.54 Å². The second-order valence-corrected chi connectivity index (χ2v) is 6.91. The first-order valence-electron chi connectivity index (χ1n) is 7.49. The standard InChI is InChI=1S/C15H28N2O/c1-11(2)13-16-12(3)14(18)17(13)10-15(4)8-6-5-7-9-15/h11-13,16H,5-10H2,1-4H3. The Morgan fingerprint density at radius 1 is 1.33 bits per heavy atom. The SMILES string of the molecule is CC1NC(C(C)C)N(CC2(C)CCCCC2)C1=O. The minimum absolute atomic E-state index is 0.00964. The quantitative estimate of drug-likeness (QED) is 0.837. The van der Waals surface area contributed by atoms with Crippen molar-refractivity contribution in [2.24, 2.45) is 11.3 Å². The summed E-state index contributed by atoms with van der Waals surface area (Å²) in [6.45, 7) is 9.67. The van der Waals surface area contributed by atoms with Crippen LogP contribution in [0.1, 0.15) is 59.8 Å². The highest BCUT2D eigenvalue weighted by atomic mass is 16.2. The maximum absolute atomic E-state index is 12.3. The van der Waals surface area contributed by atoms with Gasteiger partial charge in [-0.2, -0.15) is 0 Å². The normalized spacial score (nSPS) is 32.3. The van der Waals surface area contributed by atoms with Crippen LogP contribution in [0.15, 0.2) is 0 Å². The number of carbonyl (C=O) groups excluding carboxylic acids is 1. The Morgan fingerprint density at radius 2 is 1.94 bits per heavy atom. The van der Waals surface area contributed by atoms with Crippen molar-refractivity contribution in [1.29, 1.82) is 0 Å². The van der Waals surface area contributed by atoms with Gasteiger partial charge in [0.25, 0.3) is 0 Å². The molecule has 1 saturated carbocycles. The van der Waals surface area contributed by atoms with Gasteiger partial charge in [-0.15, -0.1) is 0 Å². The molecular formula is C15H28N2O. The van der Waals surface area contributed by atoms with Crippen molar-refractivity contribution in [3.63, 3.8) is 0 Å². The molecule has 18 heavy (non-hydrogen) atoms. The minimum Gasteiger partial charge on any atom is -0.325 e. The molecule has 2 rings (SSSR count). The van der Waals surface area contributed by atoms with E-state index < -0.39 is 0 Å². The van der Waals surface area contributed by atoms with Crippen LogP contribution in [0.3, 0.4) is 0 Å². The van der Waals surface area contributed by atoms with E-state index in [1.807, 2.05) is 6.92 Å². The monoisotopic (exact) mass is 252 g/mol. The Bertz CT molecular complexity index is 308. The maximum Gasteiger partial charge on any atom is 0.240 e. The molecule has 1 aliphatic heterocycles. The predicted octanol–water partition coefficient (Wildman–Crippen LogP) is 2.76. The van der Waals surface area contributed by atoms with Gasteiger partial charge in [0.05, 0.1) is 12.2 Å². The number of hydrogen-bond donors (Lipinski definition) is 1. The van der Waals surface area contributed by atoms with Crippen molar-refractivity contribution in [2.75, 3.05) is 6.54 Å². The second kappa shape index (κ2) is 5.20. The van der Waals surface area contributed by atoms with Crippen LogP contribution in [0.25, 0.3) is 0 Å². The van der Waals surface area contributed by atoms with Gasteiger partial charge in [0.1, 0.15) is 0 Å². The molecule has 1 N–H and O–H groups in total. The van der Waals surface area contributed by atoms with Crippen LogP contribution in [0.5, 0.6) is 0 Å². The first-order valence-corrected chi connectivity index (χ1v) is 7.49. The smallest absolute Gasteiger partial charge is 0.240 e. The lowest BCUT2D eigenvalue weighted by atomic mass is 9.75. The highest BCUT2D eigenvalue weighted by Gasteiger charge is 2.41. The van der Waals surface area contributed by atoms with Gasteiger partial charge in [-0.05, 0) is 31.1 Å². The Labute approximate surface area is 111 Å². The summed E-state index contributed by atoms with van der Waals surface area (Å²) in [5.74, 6) is 0.770. The highest BCUT2D eigenvalue weighted by molar-refractivity contribution is 5.84. The van der Waals surface area contributed by atoms with Crippen molar-refractivity contribution in [2.45, 2.75) is 72.0 Å². The molecule has 2 unspecified atom stereocenters. The molecule has 0 radical (unpaired) electrons. The first kappa shape index (κ1) is 13.9. The largest absolute Gasteiger partial charge is 0.325 e. The van der Waals surface area contributed by atoms with Crippen LogP contribution in [0.4, 0.5) is 0 Å². The summed E-state index contributed by atoms with van der Waals surface area (Å²) in [6, 6.07) is -0.00964. The molecule has 0 aromatic rings. The lowest BCUT2D eigenvalue weighted by Crippen LogP contribution is -2.46. The summed E-state index contributed by atoms with van der Waals surface area (Å²) >= 11 is 0. The minimum atomic E-state index is -0.00964. The molecule has 0 aromatic heterocycles. The van der Waals surface area contributed by atoms with Crippen LogP contribution in [-0.4, -0.2) is 29.6 Å². The molecule has 1 amide bonds. The summed E-state index contributed by atoms with van der Waals surface area (Å²) < 4.78 is 0. The summed E-state index contributed by atoms with van der Waals surface area (Å²) in [5, 5.41) is 3.44. The predicted molar refractivity (Wildman–Crippen MR) is 74.1 cm³/mol. The van der Waals surface area contributed by atoms with Crippen LogP contribution in [-0.2, 0) is 4.79 Å². The zero-order valence-corrected chi connectivity index (χ0v) is 12.3. The molecule has 1 aliphatic carbocycles. The fraction of sp³-hybridized carbons (Fsp3) is 0.933. The fourth-order valence-electron chi connectivity index (χ4n) is 3.51. The van der Waals surface area contributed by atoms with Gasteiger partial charge >= 0.3 is 0 Å². The second-order valence-electron chi connectivity index (χ2n) is 6.91. The molecule has 0 bridgehead atoms. The number of carbonyl (C=O) groups is 1. The third-order valence-electron chi connectivity index (χ3n) is 4.65. The number of rotatable bonds is 3. The van der Waals surface area contributed by atoms with Gasteiger partial charge in [0.15, 0.2) is 0 Å². The Kier molecular flexibility index (Phi) is 4.00. The van der Waals surface area contributed by atoms with E-state index >= 15 is 0 Å². The molecule has 0 spiro atoms. The van der Waals surface area contributed by atoms with Crippen molar-refractivity contribution in [3.05, 3.63) is 0 Å². The number of nitrogens with one attached hydrogen (secondary N) is 1. The molecule has 1 heterocycles. The molecule has 2 fully saturated rings. The highest BCUT2D eigenvalue weighted by Crippen LogP contribution is 2.37. The average Bonchev–Trinajstić information content (AvgIpc) is 2.58. The fourth-order valence-corrected chi connectivity index (χ4v) is 3.51. The van der Waals surface area contributed by atoms with E-state index in [9.17, 15) is 4.79 Å². The molecular weight excluding hydrogens is 224 g/mol. The third-order valence-corrected chi connectivity index (χ3v) is 4.65. The Balaban J connectivity index is 2.07. The lowest BCUT2D eigenvalue weighted by Gasteiger charge is -2.39. The van der Waals surface area contributed by atoms with E-state index in [1.54, 1.807) is 0 Å². The first-order chi connectivity index (χ1) is 8.43. The van der Waals surface area contributed by atoms with Crippen molar-refractivity contribution in [1.82, 2.24) is 10.2 Å². The average molecular weight is 252 g/mol. The van der Waals surface area contributed by atoms with Crippen LogP contribution < -0.4 is 5.32 Å². The molecule has 1 saturated heterocycles. The molecule has 0 aromatic carbocycles. The molecule has 3 heteroatoms. The third kappa shape index (κ3) is 2.71. The zero-order chi connectivity index (χ0) is 13.3. The summed E-state index contributed by atoms with van der Waals surface area (Å²) in [4.78, 5) is 14.4. The Morgan fingerprint density at radius 3 is 2.50 bits per heavy atom. The Hall–Kier alpha value is -0.570. The number of nitrogens with zero attached hydrogens (tertiary/aromatic N) is 1. The topological polar surface area (TPSA) is 32.3 Å². The van der Waals surface area contributed by atoms with Crippen molar-refractivity contribution < 1.29 is 4.79 Å². The summed E-state index contributed by atoms with van der Waals surface area (Å²) in [5.41, 5.74) is 0.340. The summed E-state index contributed by atoms with van der Waals surface area (Å²) in [7, 11) is 0. The van der Waals surface area contributed by atoms with E-state index in [0.29, 0.717) is 17.2 Å². The van der Waals surface area contributed by atoms with E-state index in [4.69, 9.17) is 0 Å². The molecule has 104 valence electrons. The van der Waals surface area contributed by atoms with E-state index in [2.05, 4.69) is 31.0 Å². The van der Waals surface area contributed by atoms with Crippen molar-refractivity contribution in [3.8, 4) is 0 Å². The van der Waals surface area contributed by atoms with E-state index in [1.165, 1.54) is 32.1 Å². The number of amides is 1. The van der Waals surface area contributed by atoms with Crippen LogP contribution in [0.2, 0.25) is 0 Å². The van der Waals surface area contributed by atoms with Crippen molar-refractivity contribution >= 4 is 5.91 Å². The zero-order valence-electron chi connectivity index (χ0n) is 12.3. The van der Waals surface area contributed by atoms with Gasteiger partial charge in [0.2, 0.25) is 5.91 Å². The van der Waals surface area contributed by atoms with E-state index in [-0.39, 0.29) is 12.2 Å². The van der Waals surface area contributed by atoms with Crippen LogP contribution in [0, 0.1) is 11.3 Å². The van der Waals surface area contributed by atoms with Gasteiger partial charge in [-0.1, -0.05) is 40.0 Å². The lowest BCUT2D eigenvalue weighted by molar-refractivity contribution is -0.132.